The molecule has 0 radical (unpaired) electrons. The monoisotopic (exact) mass is 459 g/mol. The molecule has 3 aromatic heterocycles. The molecule has 1 amide bonds. The van der Waals surface area contributed by atoms with Crippen LogP contribution in [0.2, 0.25) is 0 Å². The number of anilines is 1. The van der Waals surface area contributed by atoms with Crippen LogP contribution in [0.3, 0.4) is 0 Å². The van der Waals surface area contributed by atoms with Crippen molar-refractivity contribution in [3.8, 4) is 17.2 Å². The Morgan fingerprint density at radius 3 is 2.97 bits per heavy atom. The van der Waals surface area contributed by atoms with Crippen molar-refractivity contribution in [3.63, 3.8) is 0 Å². The van der Waals surface area contributed by atoms with E-state index in [1.807, 2.05) is 22.3 Å². The molecule has 0 bridgehead atoms. The molecule has 172 valence electrons. The van der Waals surface area contributed by atoms with Crippen LogP contribution in [0.5, 0.6) is 0 Å². The largest absolute Gasteiger partial charge is 0.372 e. The van der Waals surface area contributed by atoms with E-state index in [4.69, 9.17) is 4.74 Å². The number of fused-ring (bicyclic) bond motifs is 1. The number of amides is 1. The number of rotatable bonds is 5. The van der Waals surface area contributed by atoms with Gasteiger partial charge in [-0.25, -0.2) is 14.4 Å². The highest BCUT2D eigenvalue weighted by Crippen LogP contribution is 2.39. The third kappa shape index (κ3) is 3.75. The molecule has 0 unspecified atom stereocenters. The first kappa shape index (κ1) is 20.7. The number of hydrogen-bond donors (Lipinski definition) is 1. The van der Waals surface area contributed by atoms with Gasteiger partial charge in [-0.15, -0.1) is 10.2 Å². The van der Waals surface area contributed by atoms with Crippen molar-refractivity contribution < 1.29 is 13.9 Å². The highest BCUT2D eigenvalue weighted by molar-refractivity contribution is 6.04. The fourth-order valence-electron chi connectivity index (χ4n) is 4.17. The molecular weight excluding hydrogens is 437 g/mol. The van der Waals surface area contributed by atoms with Crippen LogP contribution < -0.4 is 5.32 Å². The van der Waals surface area contributed by atoms with Crippen LogP contribution in [0.4, 0.5) is 10.2 Å². The first-order valence-corrected chi connectivity index (χ1v) is 11.2. The summed E-state index contributed by atoms with van der Waals surface area (Å²) in [6, 6.07) is 8.14. The third-order valence-corrected chi connectivity index (χ3v) is 6.14. The van der Waals surface area contributed by atoms with Gasteiger partial charge < -0.3 is 19.2 Å². The second-order valence-electron chi connectivity index (χ2n) is 8.60. The number of pyridine rings is 1. The average molecular weight is 459 g/mol. The highest BCUT2D eigenvalue weighted by atomic mass is 19.1. The van der Waals surface area contributed by atoms with Gasteiger partial charge in [0.2, 0.25) is 0 Å². The molecule has 0 saturated heterocycles. The van der Waals surface area contributed by atoms with E-state index >= 15 is 0 Å². The molecule has 1 fully saturated rings. The molecule has 0 atom stereocenters. The molecule has 1 N–H and O–H groups in total. The molecule has 1 aromatic carbocycles. The molecule has 2 aliphatic rings. The Morgan fingerprint density at radius 2 is 2.12 bits per heavy atom. The zero-order valence-corrected chi connectivity index (χ0v) is 18.5. The number of imidazole rings is 1. The van der Waals surface area contributed by atoms with Crippen LogP contribution in [0, 0.1) is 12.7 Å². The molecule has 0 spiro atoms. The minimum absolute atomic E-state index is 0.0634. The van der Waals surface area contributed by atoms with Gasteiger partial charge in [-0.05, 0) is 49.6 Å². The summed E-state index contributed by atoms with van der Waals surface area (Å²) < 4.78 is 24.0. The third-order valence-electron chi connectivity index (χ3n) is 6.14. The number of carbonyl (C=O) groups excluding carboxylic acids is 1. The molecule has 4 heterocycles. The Balaban J connectivity index is 1.27. The fourth-order valence-corrected chi connectivity index (χ4v) is 4.17. The lowest BCUT2D eigenvalue weighted by atomic mass is 10.1. The predicted octanol–water partition coefficient (Wildman–Crippen LogP) is 3.63. The topological polar surface area (TPSA) is 99.8 Å². The van der Waals surface area contributed by atoms with E-state index in [0.717, 1.165) is 29.9 Å². The normalized spacial score (nSPS) is 15.2. The summed E-state index contributed by atoms with van der Waals surface area (Å²) in [6.07, 6.45) is 5.95. The van der Waals surface area contributed by atoms with E-state index in [-0.39, 0.29) is 5.56 Å². The Morgan fingerprint density at radius 1 is 1.24 bits per heavy atom. The van der Waals surface area contributed by atoms with Gasteiger partial charge in [0.05, 0.1) is 29.9 Å². The van der Waals surface area contributed by atoms with Gasteiger partial charge in [-0.3, -0.25) is 4.79 Å². The van der Waals surface area contributed by atoms with Crippen LogP contribution in [0.1, 0.15) is 46.2 Å². The molecule has 1 aliphatic heterocycles. The van der Waals surface area contributed by atoms with Gasteiger partial charge in [-0.1, -0.05) is 6.07 Å². The number of aromatic nitrogens is 6. The zero-order chi connectivity index (χ0) is 23.2. The van der Waals surface area contributed by atoms with E-state index in [0.29, 0.717) is 48.7 Å². The van der Waals surface area contributed by atoms with Crippen LogP contribution in [0.25, 0.3) is 17.2 Å². The number of halogens is 1. The molecule has 6 rings (SSSR count). The summed E-state index contributed by atoms with van der Waals surface area (Å²) in [7, 11) is 0. The van der Waals surface area contributed by atoms with Gasteiger partial charge in [0.15, 0.2) is 11.6 Å². The van der Waals surface area contributed by atoms with Crippen molar-refractivity contribution in [2.45, 2.75) is 38.8 Å². The predicted molar refractivity (Wildman–Crippen MR) is 121 cm³/mol. The first-order valence-electron chi connectivity index (χ1n) is 11.2. The number of nitrogens with zero attached hydrogens (tertiary/aromatic N) is 6. The van der Waals surface area contributed by atoms with Crippen LogP contribution in [0.15, 0.2) is 42.9 Å². The summed E-state index contributed by atoms with van der Waals surface area (Å²) in [5.41, 5.74) is 2.96. The van der Waals surface area contributed by atoms with Crippen molar-refractivity contribution in [1.29, 1.82) is 0 Å². The lowest BCUT2D eigenvalue weighted by molar-refractivity contribution is 0.0820. The lowest BCUT2D eigenvalue weighted by Gasteiger charge is -2.15. The van der Waals surface area contributed by atoms with Crippen molar-refractivity contribution in [3.05, 3.63) is 71.3 Å². The van der Waals surface area contributed by atoms with Crippen molar-refractivity contribution in [1.82, 2.24) is 29.3 Å². The molecule has 4 aromatic rings. The molecular formula is C24H22FN7O2. The van der Waals surface area contributed by atoms with Gasteiger partial charge in [0, 0.05) is 18.7 Å². The van der Waals surface area contributed by atoms with E-state index in [1.165, 1.54) is 6.07 Å². The summed E-state index contributed by atoms with van der Waals surface area (Å²) >= 11 is 0. The van der Waals surface area contributed by atoms with Crippen LogP contribution in [-0.2, 0) is 17.9 Å². The van der Waals surface area contributed by atoms with Crippen LogP contribution >= 0.6 is 0 Å². The van der Waals surface area contributed by atoms with Crippen molar-refractivity contribution >= 4 is 11.7 Å². The van der Waals surface area contributed by atoms with Crippen molar-refractivity contribution in [2.24, 2.45) is 0 Å². The zero-order valence-electron chi connectivity index (χ0n) is 18.5. The number of ether oxygens (including phenoxy) is 1. The quantitative estimate of drug-likeness (QED) is 0.489. The maximum Gasteiger partial charge on any atom is 0.259 e. The second-order valence-corrected chi connectivity index (χ2v) is 8.60. The Kier molecular flexibility index (Phi) is 4.95. The Hall–Kier alpha value is -3.92. The molecule has 9 nitrogen and oxygen atoms in total. The van der Waals surface area contributed by atoms with Gasteiger partial charge in [0.25, 0.3) is 5.91 Å². The summed E-state index contributed by atoms with van der Waals surface area (Å²) in [5, 5.41) is 11.1. The van der Waals surface area contributed by atoms with E-state index in [1.54, 1.807) is 30.6 Å². The summed E-state index contributed by atoms with van der Waals surface area (Å²) in [6.45, 7) is 3.41. The SMILES string of the molecule is Cc1cc(F)c(C(=O)Nc2cccc(-c3nnc4n3CCOC4)n2)cc1-n1cnc(C2CC2)c1. The number of aryl methyl sites for hydroxylation is 1. The second kappa shape index (κ2) is 8.14. The van der Waals surface area contributed by atoms with Gasteiger partial charge >= 0.3 is 0 Å². The smallest absolute Gasteiger partial charge is 0.259 e. The molecule has 10 heteroatoms. The Bertz CT molecular complexity index is 1410. The number of benzene rings is 1. The minimum atomic E-state index is -0.594. The van der Waals surface area contributed by atoms with E-state index in [9.17, 15) is 9.18 Å². The van der Waals surface area contributed by atoms with Crippen molar-refractivity contribution in [2.75, 3.05) is 11.9 Å². The maximum atomic E-state index is 14.8. The molecule has 34 heavy (non-hydrogen) atoms. The standard InChI is InChI=1S/C24H22FN7O2/c1-14-9-17(25)16(10-20(14)31-11-19(26-13-31)15-5-6-15)24(33)28-21-4-2-3-18(27-21)23-30-29-22-12-34-8-7-32(22)23/h2-4,9-11,13,15H,5-8,12H2,1H3,(H,27,28,33). The van der Waals surface area contributed by atoms with E-state index < -0.39 is 11.7 Å². The van der Waals surface area contributed by atoms with Gasteiger partial charge in [-0.2, -0.15) is 0 Å². The first-order chi connectivity index (χ1) is 16.6. The molecule has 1 saturated carbocycles. The number of carbonyl (C=O) groups is 1. The number of nitrogens with one attached hydrogen (secondary N) is 1. The highest BCUT2D eigenvalue weighted by Gasteiger charge is 2.26. The fraction of sp³-hybridized carbons (Fsp3) is 0.292. The number of hydrogen-bond acceptors (Lipinski definition) is 6. The molecule has 1 aliphatic carbocycles. The summed E-state index contributed by atoms with van der Waals surface area (Å²) in [4.78, 5) is 22.0. The Labute approximate surface area is 194 Å². The minimum Gasteiger partial charge on any atom is -0.372 e. The lowest BCUT2D eigenvalue weighted by Crippen LogP contribution is -2.18. The van der Waals surface area contributed by atoms with Crippen LogP contribution in [-0.4, -0.2) is 41.8 Å². The van der Waals surface area contributed by atoms with Gasteiger partial charge in [0.1, 0.15) is 23.9 Å². The van der Waals surface area contributed by atoms with E-state index in [2.05, 4.69) is 25.5 Å². The average Bonchev–Trinajstić information content (AvgIpc) is 3.41. The summed E-state index contributed by atoms with van der Waals surface area (Å²) in [5.74, 6) is 0.964. The maximum absolute atomic E-state index is 14.8.